The molecule has 6 heteroatoms. The van der Waals surface area contributed by atoms with Crippen molar-refractivity contribution in [2.75, 3.05) is 19.8 Å². The van der Waals surface area contributed by atoms with Crippen LogP contribution in [0.1, 0.15) is 10.5 Å². The third-order valence-electron chi connectivity index (χ3n) is 2.56. The van der Waals surface area contributed by atoms with Gasteiger partial charge in [-0.3, -0.25) is 9.78 Å². The topological polar surface area (TPSA) is 68.5 Å². The van der Waals surface area contributed by atoms with Crippen molar-refractivity contribution in [3.63, 3.8) is 0 Å². The molecule has 0 atom stereocenters. The van der Waals surface area contributed by atoms with Crippen molar-refractivity contribution in [2.45, 2.75) is 0 Å². The van der Waals surface area contributed by atoms with E-state index in [4.69, 9.17) is 22.1 Å². The zero-order valence-corrected chi connectivity index (χ0v) is 11.9. The second-order valence-corrected chi connectivity index (χ2v) is 4.80. The van der Waals surface area contributed by atoms with Crippen LogP contribution in [0, 0.1) is 0 Å². The number of aromatic nitrogens is 1. The van der Waals surface area contributed by atoms with Gasteiger partial charge in [0.05, 0.1) is 5.69 Å². The van der Waals surface area contributed by atoms with E-state index in [9.17, 15) is 4.79 Å². The quantitative estimate of drug-likeness (QED) is 0.883. The number of rotatable bonds is 3. The molecule has 1 amide bonds. The van der Waals surface area contributed by atoms with E-state index in [0.717, 1.165) is 0 Å². The van der Waals surface area contributed by atoms with Crippen molar-refractivity contribution < 1.29 is 9.53 Å². The third kappa shape index (κ3) is 3.19. The Morgan fingerprint density at radius 2 is 2.05 bits per heavy atom. The molecule has 104 valence electrons. The number of pyridine rings is 1. The van der Waals surface area contributed by atoms with E-state index in [1.807, 2.05) is 0 Å². The van der Waals surface area contributed by atoms with Gasteiger partial charge in [-0.25, -0.2) is 0 Å². The minimum absolute atomic E-state index is 0.195. The summed E-state index contributed by atoms with van der Waals surface area (Å²) in [6, 6.07) is 8.17. The number of carbonyl (C=O) groups is 1. The van der Waals surface area contributed by atoms with E-state index >= 15 is 0 Å². The molecule has 0 saturated carbocycles. The highest BCUT2D eigenvalue weighted by atomic mass is 35.5. The number of carbonyl (C=O) groups excluding carboxylic acids is 1. The minimum atomic E-state index is -0.195. The fourth-order valence-corrected chi connectivity index (χ4v) is 1.74. The van der Waals surface area contributed by atoms with E-state index in [0.29, 0.717) is 27.9 Å². The van der Waals surface area contributed by atoms with Crippen molar-refractivity contribution >= 4 is 23.2 Å². The number of ether oxygens (including phenoxy) is 1. The molecule has 1 aromatic heterocycles. The summed E-state index contributed by atoms with van der Waals surface area (Å²) in [6.45, 7) is 0. The van der Waals surface area contributed by atoms with Gasteiger partial charge in [-0.05, 0) is 24.3 Å². The molecule has 0 radical (unpaired) electrons. The normalized spacial score (nSPS) is 10.2. The Hall–Kier alpha value is -2.27. The van der Waals surface area contributed by atoms with Gasteiger partial charge >= 0.3 is 0 Å². The zero-order valence-electron chi connectivity index (χ0n) is 11.1. The van der Waals surface area contributed by atoms with Crippen LogP contribution >= 0.6 is 11.6 Å². The van der Waals surface area contributed by atoms with E-state index in [2.05, 4.69) is 4.98 Å². The Labute approximate surface area is 121 Å². The highest BCUT2D eigenvalue weighted by Gasteiger charge is 2.11. The minimum Gasteiger partial charge on any atom is -0.455 e. The molecule has 0 bridgehead atoms. The van der Waals surface area contributed by atoms with Crippen LogP contribution in [-0.4, -0.2) is 29.9 Å². The number of anilines is 1. The Bertz CT molecular complexity index is 644. The van der Waals surface area contributed by atoms with Gasteiger partial charge in [0.25, 0.3) is 5.91 Å². The summed E-state index contributed by atoms with van der Waals surface area (Å²) < 4.78 is 5.64. The average molecular weight is 292 g/mol. The lowest BCUT2D eigenvalue weighted by molar-refractivity contribution is 0.0821. The number of hydrogen-bond acceptors (Lipinski definition) is 4. The van der Waals surface area contributed by atoms with Gasteiger partial charge in [0.15, 0.2) is 0 Å². The maximum absolute atomic E-state index is 11.8. The lowest BCUT2D eigenvalue weighted by Gasteiger charge is -2.11. The Morgan fingerprint density at radius 3 is 2.70 bits per heavy atom. The second kappa shape index (κ2) is 5.79. The van der Waals surface area contributed by atoms with Crippen LogP contribution in [0.4, 0.5) is 5.69 Å². The Balaban J connectivity index is 2.26. The molecule has 0 spiro atoms. The molecule has 0 fully saturated rings. The molecule has 1 aromatic carbocycles. The smallest absolute Gasteiger partial charge is 0.272 e. The van der Waals surface area contributed by atoms with Crippen LogP contribution < -0.4 is 10.5 Å². The Kier molecular flexibility index (Phi) is 4.10. The molecule has 0 unspecified atom stereocenters. The van der Waals surface area contributed by atoms with Crippen LogP contribution in [0.15, 0.2) is 36.5 Å². The molecule has 5 nitrogen and oxygen atoms in total. The summed E-state index contributed by atoms with van der Waals surface area (Å²) >= 11 is 5.83. The van der Waals surface area contributed by atoms with Crippen molar-refractivity contribution in [3.8, 4) is 11.5 Å². The first-order valence-corrected chi connectivity index (χ1v) is 6.26. The number of nitrogens with zero attached hydrogens (tertiary/aromatic N) is 2. The van der Waals surface area contributed by atoms with Crippen LogP contribution in [0.25, 0.3) is 0 Å². The largest absolute Gasteiger partial charge is 0.455 e. The molecule has 20 heavy (non-hydrogen) atoms. The van der Waals surface area contributed by atoms with E-state index in [-0.39, 0.29) is 5.91 Å². The standard InChI is InChI=1S/C14H14ClN3O2/c1-18(2)14(19)12-8-10(5-6-17-12)20-13-4-3-9(15)7-11(13)16/h3-8H,16H2,1-2H3. The summed E-state index contributed by atoms with van der Waals surface area (Å²) in [5.41, 5.74) is 6.55. The predicted octanol–water partition coefficient (Wildman–Crippen LogP) is 2.81. The number of amides is 1. The molecule has 2 N–H and O–H groups in total. The third-order valence-corrected chi connectivity index (χ3v) is 2.79. The molecule has 1 heterocycles. The fraction of sp³-hybridized carbons (Fsp3) is 0.143. The molecule has 0 saturated heterocycles. The van der Waals surface area contributed by atoms with Crippen molar-refractivity contribution in [1.82, 2.24) is 9.88 Å². The summed E-state index contributed by atoms with van der Waals surface area (Å²) in [7, 11) is 3.32. The lowest BCUT2D eigenvalue weighted by Crippen LogP contribution is -2.22. The Morgan fingerprint density at radius 1 is 1.30 bits per heavy atom. The number of nitrogens with two attached hydrogens (primary N) is 1. The number of hydrogen-bond donors (Lipinski definition) is 1. The molecule has 0 aliphatic heterocycles. The van der Waals surface area contributed by atoms with Gasteiger partial charge in [-0.2, -0.15) is 0 Å². The van der Waals surface area contributed by atoms with E-state index < -0.39 is 0 Å². The molecule has 2 rings (SSSR count). The van der Waals surface area contributed by atoms with Gasteiger partial charge in [0, 0.05) is 31.4 Å². The highest BCUT2D eigenvalue weighted by molar-refractivity contribution is 6.30. The fourth-order valence-electron chi connectivity index (χ4n) is 1.56. The maximum Gasteiger partial charge on any atom is 0.272 e. The van der Waals surface area contributed by atoms with Crippen molar-refractivity contribution in [1.29, 1.82) is 0 Å². The van der Waals surface area contributed by atoms with Crippen molar-refractivity contribution in [2.24, 2.45) is 0 Å². The second-order valence-electron chi connectivity index (χ2n) is 4.36. The van der Waals surface area contributed by atoms with Gasteiger partial charge in [-0.1, -0.05) is 11.6 Å². The van der Waals surface area contributed by atoms with Crippen molar-refractivity contribution in [3.05, 3.63) is 47.2 Å². The first-order valence-electron chi connectivity index (χ1n) is 5.88. The summed E-state index contributed by atoms with van der Waals surface area (Å²) in [5.74, 6) is 0.766. The van der Waals surface area contributed by atoms with Crippen LogP contribution in [0.2, 0.25) is 5.02 Å². The zero-order chi connectivity index (χ0) is 14.7. The van der Waals surface area contributed by atoms with Gasteiger partial charge in [0.2, 0.25) is 0 Å². The molecule has 2 aromatic rings. The number of halogens is 1. The van der Waals surface area contributed by atoms with Gasteiger partial charge in [-0.15, -0.1) is 0 Å². The summed E-state index contributed by atoms with van der Waals surface area (Å²) in [4.78, 5) is 17.3. The van der Waals surface area contributed by atoms with E-state index in [1.54, 1.807) is 44.4 Å². The van der Waals surface area contributed by atoms with Crippen LogP contribution in [-0.2, 0) is 0 Å². The van der Waals surface area contributed by atoms with Crippen LogP contribution in [0.3, 0.4) is 0 Å². The first kappa shape index (κ1) is 14.1. The molecule has 0 aliphatic carbocycles. The average Bonchev–Trinajstić information content (AvgIpc) is 2.41. The van der Waals surface area contributed by atoms with E-state index in [1.165, 1.54) is 11.1 Å². The molecular weight excluding hydrogens is 278 g/mol. The monoisotopic (exact) mass is 291 g/mol. The number of benzene rings is 1. The highest BCUT2D eigenvalue weighted by Crippen LogP contribution is 2.29. The molecule has 0 aliphatic rings. The lowest BCUT2D eigenvalue weighted by atomic mass is 10.3. The van der Waals surface area contributed by atoms with Gasteiger partial charge in [0.1, 0.15) is 17.2 Å². The van der Waals surface area contributed by atoms with Crippen LogP contribution in [0.5, 0.6) is 11.5 Å². The predicted molar refractivity (Wildman–Crippen MR) is 78.2 cm³/mol. The first-order chi connectivity index (χ1) is 9.47. The molecular formula is C14H14ClN3O2. The van der Waals surface area contributed by atoms with Gasteiger partial charge < -0.3 is 15.4 Å². The number of nitrogen functional groups attached to an aromatic ring is 1. The maximum atomic E-state index is 11.8. The summed E-state index contributed by atoms with van der Waals surface area (Å²) in [6.07, 6.45) is 1.51. The SMILES string of the molecule is CN(C)C(=O)c1cc(Oc2ccc(Cl)cc2N)ccn1. The summed E-state index contributed by atoms with van der Waals surface area (Å²) in [5, 5.41) is 0.535.